The van der Waals surface area contributed by atoms with Crippen molar-refractivity contribution >= 4 is 6.79 Å². The molecule has 0 unspecified atom stereocenters. The van der Waals surface area contributed by atoms with E-state index in [1.54, 1.807) is 6.08 Å². The van der Waals surface area contributed by atoms with Crippen LogP contribution in [0.5, 0.6) is 0 Å². The molecule has 3 heteroatoms. The summed E-state index contributed by atoms with van der Waals surface area (Å²) in [6.45, 7) is 9.72. The topological polar surface area (TPSA) is 38.3 Å². The van der Waals surface area contributed by atoms with E-state index in [0.717, 1.165) is 13.2 Å². The van der Waals surface area contributed by atoms with E-state index < -0.39 is 0 Å². The van der Waals surface area contributed by atoms with E-state index in [-0.39, 0.29) is 0 Å². The van der Waals surface area contributed by atoms with E-state index in [1.807, 2.05) is 13.7 Å². The van der Waals surface area contributed by atoms with Gasteiger partial charge >= 0.3 is 0 Å². The Labute approximate surface area is 62.1 Å². The van der Waals surface area contributed by atoms with Gasteiger partial charge in [-0.15, -0.1) is 6.58 Å². The average molecular weight is 145 g/mol. The van der Waals surface area contributed by atoms with Gasteiger partial charge in [-0.3, -0.25) is 5.32 Å². The molecule has 0 aliphatic rings. The van der Waals surface area contributed by atoms with Gasteiger partial charge in [-0.05, 0) is 6.92 Å². The largest absolute Gasteiger partial charge is 0.367 e. The third-order valence-electron chi connectivity index (χ3n) is 0.697. The molecule has 3 nitrogen and oxygen atoms in total. The Morgan fingerprint density at radius 2 is 2.20 bits per heavy atom. The maximum atomic E-state index is 8.00. The van der Waals surface area contributed by atoms with Gasteiger partial charge in [0.1, 0.15) is 6.79 Å². The van der Waals surface area contributed by atoms with E-state index in [2.05, 4.69) is 11.9 Å². The van der Waals surface area contributed by atoms with Crippen molar-refractivity contribution in [3.05, 3.63) is 12.7 Å². The molecule has 0 aliphatic heterocycles. The summed E-state index contributed by atoms with van der Waals surface area (Å²) >= 11 is 0. The molecule has 0 rings (SSSR count). The van der Waals surface area contributed by atoms with E-state index in [9.17, 15) is 0 Å². The smallest absolute Gasteiger partial charge is 0.106 e. The van der Waals surface area contributed by atoms with Crippen LogP contribution in [0.2, 0.25) is 0 Å². The minimum absolute atomic E-state index is 0.628. The van der Waals surface area contributed by atoms with Crippen LogP contribution in [0.3, 0.4) is 0 Å². The fraction of sp³-hybridized carbons (Fsp3) is 0.571. The summed E-state index contributed by atoms with van der Waals surface area (Å²) in [7, 11) is 0. The zero-order chi connectivity index (χ0) is 8.24. The first kappa shape index (κ1) is 12.0. The van der Waals surface area contributed by atoms with Crippen molar-refractivity contribution in [2.24, 2.45) is 0 Å². The Hall–Kier alpha value is -0.670. The Bertz CT molecular complexity index is 66.6. The predicted octanol–water partition coefficient (Wildman–Crippen LogP) is 0.571. The highest BCUT2D eigenvalue weighted by Gasteiger charge is 1.76. The van der Waals surface area contributed by atoms with Gasteiger partial charge in [0.2, 0.25) is 0 Å². The highest BCUT2D eigenvalue weighted by molar-refractivity contribution is 5.10. The molecule has 1 N–H and O–H groups in total. The lowest BCUT2D eigenvalue weighted by atomic mass is 10.6. The first-order valence-corrected chi connectivity index (χ1v) is 3.10. The first-order chi connectivity index (χ1) is 4.91. The number of nitrogens with one attached hydrogen (secondary N) is 1. The molecule has 0 aromatic carbocycles. The maximum absolute atomic E-state index is 8.00. The van der Waals surface area contributed by atoms with Crippen LogP contribution in [0.4, 0.5) is 0 Å². The standard InChI is InChI=1S/C6H13NO.CH2O/c1-3-5-7-6-8-4-2;1-2/h3,7H,1,4-6H2,2H3;1H2. The zero-order valence-electron chi connectivity index (χ0n) is 6.43. The molecule has 0 amide bonds. The molecule has 0 aliphatic carbocycles. The summed E-state index contributed by atoms with van der Waals surface area (Å²) in [4.78, 5) is 8.00. The molecule has 0 saturated heterocycles. The second-order valence-corrected chi connectivity index (χ2v) is 1.38. The SMILES string of the molecule is C=CCNCOCC.C=O. The van der Waals surface area contributed by atoms with Crippen molar-refractivity contribution in [3.8, 4) is 0 Å². The fourth-order valence-corrected chi connectivity index (χ4v) is 0.335. The van der Waals surface area contributed by atoms with Crippen molar-refractivity contribution < 1.29 is 9.53 Å². The normalized spacial score (nSPS) is 7.70. The van der Waals surface area contributed by atoms with Crippen LogP contribution >= 0.6 is 0 Å². The lowest BCUT2D eigenvalue weighted by molar-refractivity contribution is -0.0979. The van der Waals surface area contributed by atoms with E-state index in [4.69, 9.17) is 9.53 Å². The minimum Gasteiger partial charge on any atom is -0.367 e. The molecule has 0 fully saturated rings. The highest BCUT2D eigenvalue weighted by atomic mass is 16.5. The average Bonchev–Trinajstić information content (AvgIpc) is 2.02. The third-order valence-corrected chi connectivity index (χ3v) is 0.697. The molecule has 0 aromatic heterocycles. The van der Waals surface area contributed by atoms with E-state index >= 15 is 0 Å². The molecule has 0 aromatic rings. The van der Waals surface area contributed by atoms with E-state index in [1.165, 1.54) is 0 Å². The number of carbonyl (C=O) groups excluding carboxylic acids is 1. The van der Waals surface area contributed by atoms with Crippen molar-refractivity contribution in [1.29, 1.82) is 0 Å². The van der Waals surface area contributed by atoms with Gasteiger partial charge in [0, 0.05) is 13.2 Å². The summed E-state index contributed by atoms with van der Waals surface area (Å²) in [5.41, 5.74) is 0. The van der Waals surface area contributed by atoms with Gasteiger partial charge in [0.15, 0.2) is 0 Å². The maximum Gasteiger partial charge on any atom is 0.106 e. The molecule has 0 atom stereocenters. The fourth-order valence-electron chi connectivity index (χ4n) is 0.335. The molecule has 60 valence electrons. The Balaban J connectivity index is 0. The molecular weight excluding hydrogens is 130 g/mol. The molecule has 0 saturated carbocycles. The number of carbonyl (C=O) groups is 1. The second kappa shape index (κ2) is 15.8. The molecular formula is C7H15NO2. The van der Waals surface area contributed by atoms with Gasteiger partial charge in [-0.1, -0.05) is 6.08 Å². The summed E-state index contributed by atoms with van der Waals surface area (Å²) in [5, 5.41) is 3.00. The third kappa shape index (κ3) is 15.7. The van der Waals surface area contributed by atoms with Crippen LogP contribution in [0.15, 0.2) is 12.7 Å². The summed E-state index contributed by atoms with van der Waals surface area (Å²) < 4.78 is 4.98. The van der Waals surface area contributed by atoms with Gasteiger partial charge in [-0.25, -0.2) is 0 Å². The zero-order valence-corrected chi connectivity index (χ0v) is 6.43. The second-order valence-electron chi connectivity index (χ2n) is 1.38. The van der Waals surface area contributed by atoms with Crippen LogP contribution in [-0.2, 0) is 9.53 Å². The Morgan fingerprint density at radius 1 is 1.60 bits per heavy atom. The molecule has 10 heavy (non-hydrogen) atoms. The molecule has 0 radical (unpaired) electrons. The quantitative estimate of drug-likeness (QED) is 0.349. The van der Waals surface area contributed by atoms with E-state index in [0.29, 0.717) is 6.73 Å². The lowest BCUT2D eigenvalue weighted by Crippen LogP contribution is -2.17. The summed E-state index contributed by atoms with van der Waals surface area (Å²) in [5.74, 6) is 0. The van der Waals surface area contributed by atoms with Crippen LogP contribution in [-0.4, -0.2) is 26.7 Å². The monoisotopic (exact) mass is 145 g/mol. The molecule has 0 heterocycles. The minimum atomic E-state index is 0.628. The van der Waals surface area contributed by atoms with Crippen LogP contribution in [0.25, 0.3) is 0 Å². The Kier molecular flexibility index (Phi) is 19.0. The summed E-state index contributed by atoms with van der Waals surface area (Å²) in [6.07, 6.45) is 1.80. The lowest BCUT2D eigenvalue weighted by Gasteiger charge is -1.98. The van der Waals surface area contributed by atoms with Crippen molar-refractivity contribution in [2.75, 3.05) is 19.9 Å². The van der Waals surface area contributed by atoms with Gasteiger partial charge in [0.25, 0.3) is 0 Å². The number of rotatable bonds is 5. The number of hydrogen-bond acceptors (Lipinski definition) is 3. The number of ether oxygens (including phenoxy) is 1. The van der Waals surface area contributed by atoms with Gasteiger partial charge in [0.05, 0.1) is 6.73 Å². The highest BCUT2D eigenvalue weighted by Crippen LogP contribution is 1.66. The number of hydrogen-bond donors (Lipinski definition) is 1. The van der Waals surface area contributed by atoms with Gasteiger partial charge < -0.3 is 9.53 Å². The Morgan fingerprint density at radius 3 is 2.60 bits per heavy atom. The predicted molar refractivity (Wildman–Crippen MR) is 41.8 cm³/mol. The first-order valence-electron chi connectivity index (χ1n) is 3.10. The van der Waals surface area contributed by atoms with Crippen LogP contribution in [0.1, 0.15) is 6.92 Å². The van der Waals surface area contributed by atoms with Crippen molar-refractivity contribution in [2.45, 2.75) is 6.92 Å². The van der Waals surface area contributed by atoms with Crippen LogP contribution < -0.4 is 5.32 Å². The summed E-state index contributed by atoms with van der Waals surface area (Å²) in [6, 6.07) is 0. The molecule has 0 bridgehead atoms. The van der Waals surface area contributed by atoms with Crippen LogP contribution in [0, 0.1) is 0 Å². The van der Waals surface area contributed by atoms with Gasteiger partial charge in [-0.2, -0.15) is 0 Å². The van der Waals surface area contributed by atoms with Crippen molar-refractivity contribution in [1.82, 2.24) is 5.32 Å². The molecule has 0 spiro atoms. The van der Waals surface area contributed by atoms with Crippen molar-refractivity contribution in [3.63, 3.8) is 0 Å².